The maximum absolute atomic E-state index is 12.6. The fourth-order valence-corrected chi connectivity index (χ4v) is 4.73. The van der Waals surface area contributed by atoms with Gasteiger partial charge in [0.05, 0.1) is 16.2 Å². The van der Waals surface area contributed by atoms with Crippen molar-refractivity contribution in [2.24, 2.45) is 0 Å². The summed E-state index contributed by atoms with van der Waals surface area (Å²) in [4.78, 5) is 25.1. The number of likely N-dealkylation sites (N-methyl/N-ethyl adjacent to an activating group) is 1. The van der Waals surface area contributed by atoms with Gasteiger partial charge in [0.2, 0.25) is 0 Å². The Morgan fingerprint density at radius 3 is 2.93 bits per heavy atom. The Bertz CT molecular complexity index is 1080. The van der Waals surface area contributed by atoms with E-state index in [1.54, 1.807) is 31.4 Å². The molecule has 1 N–H and O–H groups in total. The molecule has 0 aliphatic rings. The van der Waals surface area contributed by atoms with Crippen molar-refractivity contribution in [3.63, 3.8) is 0 Å². The fraction of sp³-hybridized carbons (Fsp3) is 0.278. The number of oxazole rings is 1. The van der Waals surface area contributed by atoms with Gasteiger partial charge in [-0.2, -0.15) is 0 Å². The number of anilines is 2. The number of aromatic nitrogens is 2. The number of methoxy groups -OCH3 is 1. The Labute approximate surface area is 163 Å². The number of ether oxygens (including phenoxy) is 1. The molecule has 0 radical (unpaired) electrons. The third-order valence-corrected chi connectivity index (χ3v) is 6.29. The average molecular weight is 403 g/mol. The summed E-state index contributed by atoms with van der Waals surface area (Å²) in [6.07, 6.45) is 0. The van der Waals surface area contributed by atoms with Gasteiger partial charge in [0.25, 0.3) is 5.91 Å². The molecule has 140 valence electrons. The molecule has 0 unspecified atom stereocenters. The summed E-state index contributed by atoms with van der Waals surface area (Å²) in [7, 11) is 3.66. The van der Waals surface area contributed by atoms with Crippen molar-refractivity contribution in [2.75, 3.05) is 37.5 Å². The van der Waals surface area contributed by atoms with Gasteiger partial charge in [-0.1, -0.05) is 11.3 Å². The smallest absolute Gasteiger partial charge is 0.265 e. The lowest BCUT2D eigenvalue weighted by Crippen LogP contribution is -2.21. The van der Waals surface area contributed by atoms with Crippen LogP contribution in [0.1, 0.15) is 15.6 Å². The summed E-state index contributed by atoms with van der Waals surface area (Å²) in [5.41, 5.74) is 2.12. The second-order valence-corrected chi connectivity index (χ2v) is 8.10. The van der Waals surface area contributed by atoms with E-state index in [1.165, 1.54) is 11.3 Å². The number of benzene rings is 1. The zero-order valence-electron chi connectivity index (χ0n) is 15.1. The van der Waals surface area contributed by atoms with Gasteiger partial charge in [-0.3, -0.25) is 4.79 Å². The number of carbonyl (C=O) groups excluding carboxylic acids is 1. The van der Waals surface area contributed by atoms with Crippen LogP contribution >= 0.6 is 22.7 Å². The summed E-state index contributed by atoms with van der Waals surface area (Å²) in [5.74, 6) is 0.448. The molecule has 1 aromatic carbocycles. The first-order chi connectivity index (χ1) is 13.0. The Hall–Kier alpha value is -2.49. The van der Waals surface area contributed by atoms with Gasteiger partial charge in [-0.25, -0.2) is 9.97 Å². The number of hydrogen-bond acceptors (Lipinski definition) is 8. The second-order valence-electron chi connectivity index (χ2n) is 6.06. The van der Waals surface area contributed by atoms with Crippen molar-refractivity contribution in [3.05, 3.63) is 35.0 Å². The van der Waals surface area contributed by atoms with E-state index >= 15 is 0 Å². The molecule has 1 amide bonds. The summed E-state index contributed by atoms with van der Waals surface area (Å²) in [6, 6.07) is 7.31. The van der Waals surface area contributed by atoms with Gasteiger partial charge in [0, 0.05) is 33.3 Å². The van der Waals surface area contributed by atoms with Crippen molar-refractivity contribution in [2.45, 2.75) is 6.92 Å². The molecule has 0 saturated carbocycles. The molecule has 7 nitrogen and oxygen atoms in total. The van der Waals surface area contributed by atoms with E-state index in [4.69, 9.17) is 9.15 Å². The first kappa shape index (κ1) is 17.9. The fourth-order valence-electron chi connectivity index (χ4n) is 2.64. The Balaban J connectivity index is 1.50. The van der Waals surface area contributed by atoms with Gasteiger partial charge >= 0.3 is 0 Å². The molecule has 4 rings (SSSR count). The largest absolute Gasteiger partial charge is 0.441 e. The van der Waals surface area contributed by atoms with Gasteiger partial charge < -0.3 is 19.4 Å². The molecule has 0 fully saturated rings. The molecular formula is C18H18N4O3S2. The van der Waals surface area contributed by atoms with Crippen LogP contribution in [0.3, 0.4) is 0 Å². The van der Waals surface area contributed by atoms with Gasteiger partial charge in [0.1, 0.15) is 10.3 Å². The monoisotopic (exact) mass is 402 g/mol. The quantitative estimate of drug-likeness (QED) is 0.522. The van der Waals surface area contributed by atoms with E-state index in [9.17, 15) is 4.79 Å². The van der Waals surface area contributed by atoms with E-state index in [0.29, 0.717) is 28.6 Å². The Kier molecular flexibility index (Phi) is 4.81. The molecule has 0 spiro atoms. The Morgan fingerprint density at radius 1 is 1.30 bits per heavy atom. The summed E-state index contributed by atoms with van der Waals surface area (Å²) in [5, 5.41) is 3.84. The van der Waals surface area contributed by atoms with Crippen molar-refractivity contribution < 1.29 is 13.9 Å². The number of aryl methyl sites for hydroxylation is 1. The molecule has 9 heteroatoms. The number of carbonyl (C=O) groups is 1. The van der Waals surface area contributed by atoms with Crippen LogP contribution in [0.2, 0.25) is 0 Å². The van der Waals surface area contributed by atoms with Crippen LogP contribution < -0.4 is 10.2 Å². The van der Waals surface area contributed by atoms with Crippen LogP contribution in [-0.2, 0) is 4.74 Å². The predicted octanol–water partition coefficient (Wildman–Crippen LogP) is 4.14. The first-order valence-electron chi connectivity index (χ1n) is 8.32. The van der Waals surface area contributed by atoms with E-state index < -0.39 is 0 Å². The van der Waals surface area contributed by atoms with Crippen molar-refractivity contribution in [1.29, 1.82) is 0 Å². The van der Waals surface area contributed by atoms with Crippen molar-refractivity contribution in [3.8, 4) is 0 Å². The van der Waals surface area contributed by atoms with Crippen LogP contribution in [0, 0.1) is 6.92 Å². The van der Waals surface area contributed by atoms with Crippen molar-refractivity contribution >= 4 is 60.0 Å². The van der Waals surface area contributed by atoms with Crippen LogP contribution in [-0.4, -0.2) is 43.2 Å². The lowest BCUT2D eigenvalue weighted by molar-refractivity contribution is 0.103. The minimum Gasteiger partial charge on any atom is -0.441 e. The molecule has 0 bridgehead atoms. The van der Waals surface area contributed by atoms with E-state index in [-0.39, 0.29) is 5.91 Å². The maximum atomic E-state index is 12.6. The molecule has 3 heterocycles. The zero-order valence-corrected chi connectivity index (χ0v) is 16.7. The minimum absolute atomic E-state index is 0.154. The van der Waals surface area contributed by atoms with Crippen LogP contribution in [0.5, 0.6) is 0 Å². The van der Waals surface area contributed by atoms with Crippen LogP contribution in [0.25, 0.3) is 20.6 Å². The number of nitrogens with one attached hydrogen (secondary N) is 1. The van der Waals surface area contributed by atoms with Gasteiger partial charge in [-0.05, 0) is 24.3 Å². The minimum atomic E-state index is -0.154. The molecular weight excluding hydrogens is 384 g/mol. The summed E-state index contributed by atoms with van der Waals surface area (Å²) < 4.78 is 11.6. The third-order valence-electron chi connectivity index (χ3n) is 4.01. The Morgan fingerprint density at radius 2 is 2.15 bits per heavy atom. The number of thiazole rings is 1. The SMILES string of the molecule is COCCN(C)c1nc2sc(C(=O)Nc3ccc4oc(C)nc4c3)cc2s1. The third kappa shape index (κ3) is 3.66. The molecule has 4 aromatic rings. The van der Waals surface area contributed by atoms with Gasteiger partial charge in [0.15, 0.2) is 16.6 Å². The number of amides is 1. The zero-order chi connectivity index (χ0) is 19.0. The first-order valence-corrected chi connectivity index (χ1v) is 9.96. The highest BCUT2D eigenvalue weighted by atomic mass is 32.1. The van der Waals surface area contributed by atoms with E-state index in [0.717, 1.165) is 26.7 Å². The average Bonchev–Trinajstić information content (AvgIpc) is 3.30. The highest BCUT2D eigenvalue weighted by Crippen LogP contribution is 2.34. The second kappa shape index (κ2) is 7.26. The summed E-state index contributed by atoms with van der Waals surface area (Å²) >= 11 is 2.96. The number of fused-ring (bicyclic) bond motifs is 2. The number of rotatable bonds is 6. The highest BCUT2D eigenvalue weighted by Gasteiger charge is 2.16. The number of nitrogens with zero attached hydrogens (tertiary/aromatic N) is 3. The van der Waals surface area contributed by atoms with E-state index in [1.807, 2.05) is 25.2 Å². The molecule has 0 aliphatic carbocycles. The molecule has 27 heavy (non-hydrogen) atoms. The highest BCUT2D eigenvalue weighted by molar-refractivity contribution is 7.29. The molecule has 0 aliphatic heterocycles. The van der Waals surface area contributed by atoms with Crippen molar-refractivity contribution in [1.82, 2.24) is 9.97 Å². The normalized spacial score (nSPS) is 11.4. The molecule has 0 atom stereocenters. The predicted molar refractivity (Wildman–Crippen MR) is 109 cm³/mol. The van der Waals surface area contributed by atoms with E-state index in [2.05, 4.69) is 20.2 Å². The molecule has 0 saturated heterocycles. The van der Waals surface area contributed by atoms with Crippen LogP contribution in [0.15, 0.2) is 28.7 Å². The summed E-state index contributed by atoms with van der Waals surface area (Å²) in [6.45, 7) is 3.21. The lowest BCUT2D eigenvalue weighted by Gasteiger charge is -2.14. The molecule has 3 aromatic heterocycles. The van der Waals surface area contributed by atoms with Gasteiger partial charge in [-0.15, -0.1) is 11.3 Å². The topological polar surface area (TPSA) is 80.5 Å². The standard InChI is InChI=1S/C18H18N4O3S2/c1-10-19-12-8-11(4-5-13(12)25-10)20-16(23)14-9-15-17(26-14)21-18(27-15)22(2)6-7-24-3/h4-5,8-9H,6-7H2,1-3H3,(H,20,23). The lowest BCUT2D eigenvalue weighted by atomic mass is 10.3. The number of thiophene rings is 1. The van der Waals surface area contributed by atoms with Crippen LogP contribution in [0.4, 0.5) is 10.8 Å². The number of hydrogen-bond donors (Lipinski definition) is 1. The maximum Gasteiger partial charge on any atom is 0.265 e.